The largest absolute Gasteiger partial charge is 0.337 e. The molecule has 1 fully saturated rings. The number of amides is 1. The van der Waals surface area contributed by atoms with E-state index < -0.39 is 10.0 Å². The minimum atomic E-state index is -3.68. The summed E-state index contributed by atoms with van der Waals surface area (Å²) < 4.78 is 28.2. The second-order valence-corrected chi connectivity index (χ2v) is 9.96. The lowest BCUT2D eigenvalue weighted by Crippen LogP contribution is -2.37. The predicted molar refractivity (Wildman–Crippen MR) is 110 cm³/mol. The first-order chi connectivity index (χ1) is 13.0. The van der Waals surface area contributed by atoms with Crippen LogP contribution in [0.3, 0.4) is 0 Å². The van der Waals surface area contributed by atoms with Crippen molar-refractivity contribution in [2.75, 3.05) is 29.3 Å². The monoisotopic (exact) mass is 419 g/mol. The number of carbonyl (C=O) groups excluding carboxylic acids is 1. The third-order valence-corrected chi connectivity index (χ3v) is 7.57. The Balaban J connectivity index is 1.58. The number of aromatic nitrogens is 1. The fourth-order valence-corrected chi connectivity index (χ4v) is 5.89. The van der Waals surface area contributed by atoms with Gasteiger partial charge in [-0.1, -0.05) is 29.5 Å². The molecule has 1 aliphatic heterocycles. The maximum Gasteiger partial charge on any atom is 0.263 e. The predicted octanol–water partition coefficient (Wildman–Crippen LogP) is 3.29. The first kappa shape index (κ1) is 18.3. The number of rotatable bonds is 4. The Morgan fingerprint density at radius 2 is 1.81 bits per heavy atom. The van der Waals surface area contributed by atoms with Crippen molar-refractivity contribution in [2.24, 2.45) is 0 Å². The van der Waals surface area contributed by atoms with E-state index in [0.717, 1.165) is 29.3 Å². The number of hydrogen-bond acceptors (Lipinski definition) is 6. The molecule has 6 nitrogen and oxygen atoms in total. The van der Waals surface area contributed by atoms with Crippen molar-refractivity contribution in [3.05, 3.63) is 54.1 Å². The molecule has 1 aliphatic rings. The molecule has 0 atom stereocenters. The standard InChI is InChI=1S/C18H17N3O3S3/c22-17(21-8-10-25-11-9-21)13-6-7-15-16(12-13)26-18(19-15)20-27(23,24)14-4-2-1-3-5-14/h1-7,12H,8-11H2,(H,19,20). The van der Waals surface area contributed by atoms with Gasteiger partial charge in [-0.15, -0.1) is 0 Å². The molecule has 0 aliphatic carbocycles. The number of benzene rings is 2. The van der Waals surface area contributed by atoms with E-state index in [-0.39, 0.29) is 15.9 Å². The smallest absolute Gasteiger partial charge is 0.263 e. The first-order valence-corrected chi connectivity index (χ1v) is 11.8. The van der Waals surface area contributed by atoms with Crippen molar-refractivity contribution in [3.8, 4) is 0 Å². The Hall–Kier alpha value is -2.10. The zero-order chi connectivity index (χ0) is 18.9. The van der Waals surface area contributed by atoms with E-state index in [9.17, 15) is 13.2 Å². The maximum absolute atomic E-state index is 12.7. The van der Waals surface area contributed by atoms with E-state index >= 15 is 0 Å². The van der Waals surface area contributed by atoms with Crippen LogP contribution in [0.15, 0.2) is 53.4 Å². The van der Waals surface area contributed by atoms with Crippen molar-refractivity contribution in [3.63, 3.8) is 0 Å². The molecular weight excluding hydrogens is 402 g/mol. The number of nitrogens with one attached hydrogen (secondary N) is 1. The molecule has 9 heteroatoms. The number of thioether (sulfide) groups is 1. The van der Waals surface area contributed by atoms with Crippen LogP contribution in [0.5, 0.6) is 0 Å². The number of hydrogen-bond donors (Lipinski definition) is 1. The van der Waals surface area contributed by atoms with E-state index in [4.69, 9.17) is 0 Å². The van der Waals surface area contributed by atoms with Crippen LogP contribution in [-0.4, -0.2) is 48.8 Å². The van der Waals surface area contributed by atoms with Crippen LogP contribution >= 0.6 is 23.1 Å². The van der Waals surface area contributed by atoms with Gasteiger partial charge in [0.1, 0.15) is 0 Å². The summed E-state index contributed by atoms with van der Waals surface area (Å²) in [6, 6.07) is 13.5. The number of sulfonamides is 1. The maximum atomic E-state index is 12.7. The normalized spacial score (nSPS) is 15.0. The third-order valence-electron chi connectivity index (χ3n) is 4.21. The van der Waals surface area contributed by atoms with Crippen LogP contribution in [0.4, 0.5) is 5.13 Å². The van der Waals surface area contributed by atoms with Crippen LogP contribution in [0.2, 0.25) is 0 Å². The number of fused-ring (bicyclic) bond motifs is 1. The molecule has 4 rings (SSSR count). The molecule has 27 heavy (non-hydrogen) atoms. The quantitative estimate of drug-likeness (QED) is 0.702. The second kappa shape index (κ2) is 7.49. The van der Waals surface area contributed by atoms with Gasteiger partial charge >= 0.3 is 0 Å². The SMILES string of the molecule is O=C(c1ccc2nc(NS(=O)(=O)c3ccccc3)sc2c1)N1CCSCC1. The van der Waals surface area contributed by atoms with E-state index in [2.05, 4.69) is 9.71 Å². The molecule has 1 N–H and O–H groups in total. The Bertz CT molecular complexity index is 1070. The van der Waals surface area contributed by atoms with Crippen LogP contribution in [0.25, 0.3) is 10.2 Å². The van der Waals surface area contributed by atoms with Crippen molar-refractivity contribution < 1.29 is 13.2 Å². The highest BCUT2D eigenvalue weighted by Gasteiger charge is 2.20. The van der Waals surface area contributed by atoms with Gasteiger partial charge in [0.05, 0.1) is 15.1 Å². The molecular formula is C18H17N3O3S3. The molecule has 0 radical (unpaired) electrons. The van der Waals surface area contributed by atoms with Crippen LogP contribution < -0.4 is 4.72 Å². The summed E-state index contributed by atoms with van der Waals surface area (Å²) in [5, 5.41) is 0.285. The summed E-state index contributed by atoms with van der Waals surface area (Å²) in [4.78, 5) is 19.0. The van der Waals surface area contributed by atoms with Crippen molar-refractivity contribution in [1.29, 1.82) is 0 Å². The number of thiazole rings is 1. The molecule has 0 spiro atoms. The summed E-state index contributed by atoms with van der Waals surface area (Å²) in [6.07, 6.45) is 0. The molecule has 1 aromatic heterocycles. The molecule has 140 valence electrons. The third kappa shape index (κ3) is 3.95. The van der Waals surface area contributed by atoms with Gasteiger partial charge in [-0.3, -0.25) is 9.52 Å². The fourth-order valence-electron chi connectivity index (χ4n) is 2.82. The van der Waals surface area contributed by atoms with Crippen molar-refractivity contribution in [2.45, 2.75) is 4.90 Å². The van der Waals surface area contributed by atoms with Gasteiger partial charge < -0.3 is 4.90 Å². The molecule has 0 bridgehead atoms. The lowest BCUT2D eigenvalue weighted by molar-refractivity contribution is 0.0772. The summed E-state index contributed by atoms with van der Waals surface area (Å²) >= 11 is 3.07. The van der Waals surface area contributed by atoms with Crippen LogP contribution in [0, 0.1) is 0 Å². The van der Waals surface area contributed by atoms with Gasteiger partial charge in [-0.25, -0.2) is 13.4 Å². The topological polar surface area (TPSA) is 79.4 Å². The van der Waals surface area contributed by atoms with Gasteiger partial charge in [-0.2, -0.15) is 11.8 Å². The zero-order valence-corrected chi connectivity index (χ0v) is 16.7. The van der Waals surface area contributed by atoms with Crippen molar-refractivity contribution in [1.82, 2.24) is 9.88 Å². The number of anilines is 1. The molecule has 2 heterocycles. The second-order valence-electron chi connectivity index (χ2n) is 6.02. The summed E-state index contributed by atoms with van der Waals surface area (Å²) in [7, 11) is -3.68. The van der Waals surface area contributed by atoms with Gasteiger partial charge in [0, 0.05) is 30.2 Å². The fraction of sp³-hybridized carbons (Fsp3) is 0.222. The highest BCUT2D eigenvalue weighted by Crippen LogP contribution is 2.29. The summed E-state index contributed by atoms with van der Waals surface area (Å²) in [5.41, 5.74) is 1.27. The van der Waals surface area contributed by atoms with E-state index in [1.165, 1.54) is 23.5 Å². The molecule has 1 saturated heterocycles. The molecule has 3 aromatic rings. The van der Waals surface area contributed by atoms with E-state index in [0.29, 0.717) is 11.1 Å². The van der Waals surface area contributed by atoms with Gasteiger partial charge in [0.2, 0.25) is 0 Å². The summed E-state index contributed by atoms with van der Waals surface area (Å²) in [5.74, 6) is 1.93. The van der Waals surface area contributed by atoms with Gasteiger partial charge in [0.25, 0.3) is 15.9 Å². The average Bonchev–Trinajstić information content (AvgIpc) is 3.09. The van der Waals surface area contributed by atoms with Crippen LogP contribution in [0.1, 0.15) is 10.4 Å². The first-order valence-electron chi connectivity index (χ1n) is 8.38. The number of nitrogens with zero attached hydrogens (tertiary/aromatic N) is 2. The average molecular weight is 420 g/mol. The molecule has 1 amide bonds. The Kier molecular flexibility index (Phi) is 5.07. The highest BCUT2D eigenvalue weighted by atomic mass is 32.2. The molecule has 0 unspecified atom stereocenters. The lowest BCUT2D eigenvalue weighted by Gasteiger charge is -2.26. The Morgan fingerprint density at radius 1 is 1.07 bits per heavy atom. The van der Waals surface area contributed by atoms with E-state index in [1.807, 2.05) is 16.7 Å². The highest BCUT2D eigenvalue weighted by molar-refractivity contribution is 7.99. The minimum Gasteiger partial charge on any atom is -0.337 e. The zero-order valence-electron chi connectivity index (χ0n) is 14.3. The van der Waals surface area contributed by atoms with Crippen LogP contribution in [-0.2, 0) is 10.0 Å². The summed E-state index contributed by atoms with van der Waals surface area (Å²) in [6.45, 7) is 1.51. The van der Waals surface area contributed by atoms with Gasteiger partial charge in [0.15, 0.2) is 5.13 Å². The Labute approximate surface area is 165 Å². The Morgan fingerprint density at radius 3 is 2.56 bits per heavy atom. The molecule has 0 saturated carbocycles. The van der Waals surface area contributed by atoms with Gasteiger partial charge in [-0.05, 0) is 30.3 Å². The molecule has 2 aromatic carbocycles. The number of carbonyl (C=O) groups is 1. The van der Waals surface area contributed by atoms with E-state index in [1.54, 1.807) is 36.4 Å². The lowest BCUT2D eigenvalue weighted by atomic mass is 10.2. The minimum absolute atomic E-state index is 0.0111. The van der Waals surface area contributed by atoms with Crippen molar-refractivity contribution >= 4 is 54.4 Å².